The van der Waals surface area contributed by atoms with Gasteiger partial charge < -0.3 is 13.9 Å². The Morgan fingerprint density at radius 2 is 1.96 bits per heavy atom. The number of pyridine rings is 1. The van der Waals surface area contributed by atoms with E-state index in [9.17, 15) is 9.59 Å². The van der Waals surface area contributed by atoms with Crippen LogP contribution in [-0.4, -0.2) is 24.0 Å². The monoisotopic (exact) mass is 339 g/mol. The number of rotatable bonds is 6. The van der Waals surface area contributed by atoms with Crippen molar-refractivity contribution < 1.29 is 18.7 Å². The molecule has 0 aliphatic carbocycles. The molecule has 0 saturated heterocycles. The smallest absolute Gasteiger partial charge is 0.347 e. The molecule has 0 N–H and O–H groups in total. The first-order chi connectivity index (χ1) is 12.1. The molecule has 0 bridgehead atoms. The summed E-state index contributed by atoms with van der Waals surface area (Å²) < 4.78 is 16.4. The van der Waals surface area contributed by atoms with E-state index in [1.165, 1.54) is 12.3 Å². The number of carbonyl (C=O) groups is 1. The van der Waals surface area contributed by atoms with Gasteiger partial charge in [-0.25, -0.2) is 4.79 Å². The van der Waals surface area contributed by atoms with Crippen molar-refractivity contribution in [2.24, 2.45) is 0 Å². The Morgan fingerprint density at radius 3 is 2.64 bits per heavy atom. The summed E-state index contributed by atoms with van der Waals surface area (Å²) in [5.41, 5.74) is -0.150. The quantitative estimate of drug-likeness (QED) is 0.507. The van der Waals surface area contributed by atoms with Crippen molar-refractivity contribution >= 4 is 16.8 Å². The van der Waals surface area contributed by atoms with Crippen molar-refractivity contribution in [2.75, 3.05) is 13.2 Å². The van der Waals surface area contributed by atoms with E-state index in [0.29, 0.717) is 41.2 Å². The van der Waals surface area contributed by atoms with E-state index < -0.39 is 11.4 Å². The van der Waals surface area contributed by atoms with Gasteiger partial charge in [0.15, 0.2) is 0 Å². The average molecular weight is 339 g/mol. The zero-order valence-electron chi connectivity index (χ0n) is 13.9. The molecule has 3 rings (SSSR count). The van der Waals surface area contributed by atoms with Crippen molar-refractivity contribution in [2.45, 2.75) is 13.8 Å². The zero-order chi connectivity index (χ0) is 17.8. The van der Waals surface area contributed by atoms with E-state index in [1.54, 1.807) is 30.5 Å². The zero-order valence-corrected chi connectivity index (χ0v) is 13.9. The van der Waals surface area contributed by atoms with Crippen LogP contribution in [0, 0.1) is 0 Å². The van der Waals surface area contributed by atoms with Crippen molar-refractivity contribution in [3.63, 3.8) is 0 Å². The Kier molecular flexibility index (Phi) is 4.79. The number of hydrogen-bond acceptors (Lipinski definition) is 6. The van der Waals surface area contributed by atoms with E-state index in [4.69, 9.17) is 13.9 Å². The minimum atomic E-state index is -0.711. The predicted octanol–water partition coefficient (Wildman–Crippen LogP) is 3.22. The lowest BCUT2D eigenvalue weighted by atomic mass is 10.0. The second kappa shape index (κ2) is 7.17. The predicted molar refractivity (Wildman–Crippen MR) is 92.5 cm³/mol. The first kappa shape index (κ1) is 16.7. The molecule has 6 nitrogen and oxygen atoms in total. The molecule has 0 radical (unpaired) electrons. The molecule has 0 aliphatic heterocycles. The highest BCUT2D eigenvalue weighted by atomic mass is 16.5. The van der Waals surface area contributed by atoms with Crippen molar-refractivity contribution in [1.82, 2.24) is 4.98 Å². The largest absolute Gasteiger partial charge is 0.494 e. The topological polar surface area (TPSA) is 78.6 Å². The molecule has 128 valence electrons. The highest BCUT2D eigenvalue weighted by molar-refractivity contribution is 6.10. The summed E-state index contributed by atoms with van der Waals surface area (Å²) in [6.45, 7) is 4.60. The third kappa shape index (κ3) is 3.38. The maximum Gasteiger partial charge on any atom is 0.347 e. The van der Waals surface area contributed by atoms with Gasteiger partial charge in [-0.15, -0.1) is 0 Å². The van der Waals surface area contributed by atoms with Crippen molar-refractivity contribution in [3.8, 4) is 11.5 Å². The summed E-state index contributed by atoms with van der Waals surface area (Å²) in [6.07, 6.45) is 2.97. The second-order valence-electron chi connectivity index (χ2n) is 5.22. The highest BCUT2D eigenvalue weighted by Crippen LogP contribution is 2.31. The molecule has 0 unspecified atom stereocenters. The van der Waals surface area contributed by atoms with Crippen LogP contribution < -0.4 is 15.1 Å². The Bertz CT molecular complexity index is 963. The van der Waals surface area contributed by atoms with Gasteiger partial charge in [0, 0.05) is 30.1 Å². The highest BCUT2D eigenvalue weighted by Gasteiger charge is 2.18. The van der Waals surface area contributed by atoms with Crippen LogP contribution in [0.25, 0.3) is 11.0 Å². The summed E-state index contributed by atoms with van der Waals surface area (Å²) in [6, 6.07) is 8.06. The molecular formula is C19H17NO5. The normalized spacial score (nSPS) is 10.6. The van der Waals surface area contributed by atoms with Crippen molar-refractivity contribution in [1.29, 1.82) is 0 Å². The van der Waals surface area contributed by atoms with Gasteiger partial charge in [0.1, 0.15) is 22.6 Å². The fourth-order valence-corrected chi connectivity index (χ4v) is 2.50. The Labute approximate surface area is 144 Å². The first-order valence-corrected chi connectivity index (χ1v) is 7.96. The molecule has 3 aromatic rings. The number of ketones is 1. The SMILES string of the molecule is CCOc1cc(OCC)c2cc(C(=O)c3cccnc3)c(=O)oc2c1. The van der Waals surface area contributed by atoms with E-state index in [1.807, 2.05) is 13.8 Å². The number of aromatic nitrogens is 1. The van der Waals surface area contributed by atoms with Gasteiger partial charge in [-0.3, -0.25) is 9.78 Å². The Balaban J connectivity index is 2.17. The van der Waals surface area contributed by atoms with Crippen LogP contribution in [0.3, 0.4) is 0 Å². The standard InChI is InChI=1S/C19H17NO5/c1-3-23-13-8-16(24-4-2)14-10-15(19(22)25-17(14)9-13)18(21)12-6-5-7-20-11-12/h5-11H,3-4H2,1-2H3. The van der Waals surface area contributed by atoms with E-state index >= 15 is 0 Å². The fraction of sp³-hybridized carbons (Fsp3) is 0.211. The summed E-state index contributed by atoms with van der Waals surface area (Å²) in [7, 11) is 0. The van der Waals surface area contributed by atoms with Crippen LogP contribution in [0.2, 0.25) is 0 Å². The van der Waals surface area contributed by atoms with Crippen molar-refractivity contribution in [3.05, 3.63) is 64.3 Å². The lowest BCUT2D eigenvalue weighted by Crippen LogP contribution is -2.15. The van der Waals surface area contributed by atoms with Crippen LogP contribution >= 0.6 is 0 Å². The van der Waals surface area contributed by atoms with Gasteiger partial charge in [-0.05, 0) is 32.0 Å². The van der Waals surface area contributed by atoms with E-state index in [-0.39, 0.29) is 5.56 Å². The molecule has 25 heavy (non-hydrogen) atoms. The molecule has 2 heterocycles. The number of ether oxygens (including phenoxy) is 2. The van der Waals surface area contributed by atoms with Gasteiger partial charge in [-0.2, -0.15) is 0 Å². The van der Waals surface area contributed by atoms with Gasteiger partial charge in [0.2, 0.25) is 5.78 Å². The molecular weight excluding hydrogens is 322 g/mol. The molecule has 6 heteroatoms. The third-order valence-electron chi connectivity index (χ3n) is 3.57. The average Bonchev–Trinajstić information content (AvgIpc) is 2.62. The summed E-state index contributed by atoms with van der Waals surface area (Å²) in [5, 5.41) is 0.539. The maximum atomic E-state index is 12.6. The fourth-order valence-electron chi connectivity index (χ4n) is 2.50. The summed E-state index contributed by atoms with van der Waals surface area (Å²) >= 11 is 0. The summed E-state index contributed by atoms with van der Waals surface area (Å²) in [4.78, 5) is 28.8. The third-order valence-corrected chi connectivity index (χ3v) is 3.57. The second-order valence-corrected chi connectivity index (χ2v) is 5.22. The Hall–Kier alpha value is -3.15. The summed E-state index contributed by atoms with van der Waals surface area (Å²) in [5.74, 6) is 0.584. The molecule has 1 aromatic carbocycles. The molecule has 0 saturated carbocycles. The lowest BCUT2D eigenvalue weighted by molar-refractivity contribution is 0.103. The Morgan fingerprint density at radius 1 is 1.16 bits per heavy atom. The molecule has 0 aliphatic rings. The van der Waals surface area contributed by atoms with Crippen LogP contribution in [0.1, 0.15) is 29.8 Å². The number of hydrogen-bond donors (Lipinski definition) is 0. The molecule has 0 spiro atoms. The first-order valence-electron chi connectivity index (χ1n) is 7.96. The number of fused-ring (bicyclic) bond motifs is 1. The van der Waals surface area contributed by atoms with Gasteiger partial charge >= 0.3 is 5.63 Å². The van der Waals surface area contributed by atoms with E-state index in [0.717, 1.165) is 0 Å². The number of nitrogens with zero attached hydrogens (tertiary/aromatic N) is 1. The molecule has 0 fully saturated rings. The van der Waals surface area contributed by atoms with Gasteiger partial charge in [0.25, 0.3) is 0 Å². The van der Waals surface area contributed by atoms with Crippen LogP contribution in [0.5, 0.6) is 11.5 Å². The lowest BCUT2D eigenvalue weighted by Gasteiger charge is -2.11. The molecule has 0 amide bonds. The van der Waals surface area contributed by atoms with Gasteiger partial charge in [-0.1, -0.05) is 0 Å². The number of carbonyl (C=O) groups excluding carboxylic acids is 1. The molecule has 2 aromatic heterocycles. The number of benzene rings is 1. The van der Waals surface area contributed by atoms with Crippen LogP contribution in [-0.2, 0) is 0 Å². The van der Waals surface area contributed by atoms with E-state index in [2.05, 4.69) is 4.98 Å². The minimum absolute atomic E-state index is 0.0642. The maximum absolute atomic E-state index is 12.6. The van der Waals surface area contributed by atoms with Gasteiger partial charge in [0.05, 0.1) is 18.6 Å². The van der Waals surface area contributed by atoms with Crippen LogP contribution in [0.4, 0.5) is 0 Å². The molecule has 0 atom stereocenters. The minimum Gasteiger partial charge on any atom is -0.494 e. The van der Waals surface area contributed by atoms with Crippen LogP contribution in [0.15, 0.2) is 51.9 Å².